The zero-order valence-corrected chi connectivity index (χ0v) is 12.7. The molecule has 0 aliphatic carbocycles. The summed E-state index contributed by atoms with van der Waals surface area (Å²) in [5, 5.41) is 10.3. The third kappa shape index (κ3) is 2.89. The lowest BCUT2D eigenvalue weighted by atomic mass is 10.0. The van der Waals surface area contributed by atoms with E-state index in [4.69, 9.17) is 32.7 Å². The Balaban J connectivity index is 2.06. The Hall–Kier alpha value is -2.17. The van der Waals surface area contributed by atoms with Gasteiger partial charge in [-0.2, -0.15) is 0 Å². The topological polar surface area (TPSA) is 55.8 Å². The molecule has 0 atom stereocenters. The monoisotopic (exact) mass is 336 g/mol. The van der Waals surface area contributed by atoms with Crippen molar-refractivity contribution in [3.8, 4) is 11.5 Å². The molecule has 0 spiro atoms. The number of hydrogen-bond donors (Lipinski definition) is 1. The summed E-state index contributed by atoms with van der Waals surface area (Å²) in [5.74, 6) is 0.0507. The number of carboxylic acids is 1. The average molecular weight is 337 g/mol. The van der Waals surface area contributed by atoms with E-state index in [-0.39, 0.29) is 12.4 Å². The fraction of sp³-hybridized carbons (Fsp3) is 0.0625. The smallest absolute Gasteiger partial charge is 0.336 e. The number of hydrogen-bond acceptors (Lipinski definition) is 3. The van der Waals surface area contributed by atoms with Gasteiger partial charge < -0.3 is 14.6 Å². The maximum Gasteiger partial charge on any atom is 0.336 e. The van der Waals surface area contributed by atoms with Crippen molar-refractivity contribution in [1.29, 1.82) is 0 Å². The van der Waals surface area contributed by atoms with Crippen LogP contribution in [-0.2, 0) is 4.79 Å². The Morgan fingerprint density at radius 2 is 1.86 bits per heavy atom. The number of halogens is 2. The van der Waals surface area contributed by atoms with Crippen LogP contribution in [-0.4, -0.2) is 17.9 Å². The molecule has 0 aromatic heterocycles. The lowest BCUT2D eigenvalue weighted by Crippen LogP contribution is -2.00. The number of benzene rings is 2. The number of ether oxygens (including phenoxy) is 2. The van der Waals surface area contributed by atoms with Crippen molar-refractivity contribution in [2.24, 2.45) is 0 Å². The summed E-state index contributed by atoms with van der Waals surface area (Å²) < 4.78 is 10.5. The molecular weight excluding hydrogens is 327 g/mol. The van der Waals surface area contributed by atoms with Gasteiger partial charge in [0.2, 0.25) is 6.79 Å². The van der Waals surface area contributed by atoms with Crippen LogP contribution in [0.2, 0.25) is 10.0 Å². The van der Waals surface area contributed by atoms with Crippen LogP contribution in [0.4, 0.5) is 0 Å². The molecule has 1 aliphatic rings. The standard InChI is InChI=1S/C16H10Cl2O4/c17-11-3-1-10(13(18)7-11)5-12(16(19)20)9-2-4-14-15(6-9)22-8-21-14/h1-7H,8H2,(H,19,20)/b12-5-. The molecule has 2 aromatic rings. The van der Waals surface area contributed by atoms with Gasteiger partial charge in [0.05, 0.1) is 5.57 Å². The molecule has 3 rings (SSSR count). The molecule has 0 bridgehead atoms. The molecule has 0 saturated heterocycles. The Morgan fingerprint density at radius 1 is 1.09 bits per heavy atom. The number of aliphatic carboxylic acids is 1. The SMILES string of the molecule is O=C(O)/C(=C\c1ccc(Cl)cc1Cl)c1ccc2c(c1)OCO2. The molecule has 0 fully saturated rings. The van der Waals surface area contributed by atoms with E-state index < -0.39 is 5.97 Å². The molecule has 0 radical (unpaired) electrons. The summed E-state index contributed by atoms with van der Waals surface area (Å²) in [7, 11) is 0. The van der Waals surface area contributed by atoms with Gasteiger partial charge in [0, 0.05) is 10.0 Å². The normalized spacial score (nSPS) is 13.3. The summed E-state index contributed by atoms with van der Waals surface area (Å²) >= 11 is 11.9. The Kier molecular flexibility index (Phi) is 3.96. The Labute approximate surface area is 136 Å². The first-order chi connectivity index (χ1) is 10.5. The quantitative estimate of drug-likeness (QED) is 0.668. The number of carboxylic acid groups (broad SMARTS) is 1. The van der Waals surface area contributed by atoms with Crippen molar-refractivity contribution in [3.63, 3.8) is 0 Å². The van der Waals surface area contributed by atoms with Crippen LogP contribution in [0.15, 0.2) is 36.4 Å². The van der Waals surface area contributed by atoms with E-state index in [0.29, 0.717) is 32.7 Å². The lowest BCUT2D eigenvalue weighted by Gasteiger charge is -2.06. The third-order valence-corrected chi connectivity index (χ3v) is 3.74. The second kappa shape index (κ2) is 5.91. The van der Waals surface area contributed by atoms with E-state index in [0.717, 1.165) is 0 Å². The van der Waals surface area contributed by atoms with Gasteiger partial charge in [0.15, 0.2) is 11.5 Å². The van der Waals surface area contributed by atoms with E-state index in [1.54, 1.807) is 36.4 Å². The van der Waals surface area contributed by atoms with Gasteiger partial charge in [-0.15, -0.1) is 0 Å². The number of fused-ring (bicyclic) bond motifs is 1. The van der Waals surface area contributed by atoms with Crippen molar-refractivity contribution >= 4 is 40.8 Å². The summed E-state index contributed by atoms with van der Waals surface area (Å²) in [6.07, 6.45) is 1.50. The Morgan fingerprint density at radius 3 is 2.59 bits per heavy atom. The van der Waals surface area contributed by atoms with Crippen LogP contribution in [0.25, 0.3) is 11.6 Å². The van der Waals surface area contributed by atoms with Crippen LogP contribution < -0.4 is 9.47 Å². The minimum absolute atomic E-state index is 0.0996. The minimum atomic E-state index is -1.06. The van der Waals surface area contributed by atoms with Crippen molar-refractivity contribution in [3.05, 3.63) is 57.6 Å². The highest BCUT2D eigenvalue weighted by Gasteiger charge is 2.18. The van der Waals surface area contributed by atoms with E-state index in [9.17, 15) is 9.90 Å². The molecule has 2 aromatic carbocycles. The molecule has 1 heterocycles. The Bertz CT molecular complexity index is 784. The van der Waals surface area contributed by atoms with E-state index >= 15 is 0 Å². The maximum absolute atomic E-state index is 11.6. The van der Waals surface area contributed by atoms with Crippen molar-refractivity contribution < 1.29 is 19.4 Å². The zero-order valence-electron chi connectivity index (χ0n) is 11.2. The van der Waals surface area contributed by atoms with Gasteiger partial charge in [0.25, 0.3) is 0 Å². The fourth-order valence-corrected chi connectivity index (χ4v) is 2.57. The summed E-state index contributed by atoms with van der Waals surface area (Å²) in [4.78, 5) is 11.6. The molecule has 1 N–H and O–H groups in total. The van der Waals surface area contributed by atoms with Gasteiger partial charge in [-0.3, -0.25) is 0 Å². The predicted molar refractivity (Wildman–Crippen MR) is 84.5 cm³/mol. The number of rotatable bonds is 3. The average Bonchev–Trinajstić information content (AvgIpc) is 2.93. The maximum atomic E-state index is 11.6. The van der Waals surface area contributed by atoms with Gasteiger partial charge in [-0.05, 0) is 41.5 Å². The van der Waals surface area contributed by atoms with E-state index in [2.05, 4.69) is 0 Å². The number of carbonyl (C=O) groups is 1. The predicted octanol–water partition coefficient (Wildman–Crippen LogP) is 4.35. The van der Waals surface area contributed by atoms with Crippen molar-refractivity contribution in [1.82, 2.24) is 0 Å². The first-order valence-corrected chi connectivity index (χ1v) is 7.10. The van der Waals surface area contributed by atoms with Crippen molar-refractivity contribution in [2.45, 2.75) is 0 Å². The highest BCUT2D eigenvalue weighted by atomic mass is 35.5. The molecule has 0 unspecified atom stereocenters. The fourth-order valence-electron chi connectivity index (χ4n) is 2.11. The van der Waals surface area contributed by atoms with Crippen LogP contribution in [0.1, 0.15) is 11.1 Å². The lowest BCUT2D eigenvalue weighted by molar-refractivity contribution is -0.130. The molecule has 6 heteroatoms. The molecule has 22 heavy (non-hydrogen) atoms. The van der Waals surface area contributed by atoms with Crippen LogP contribution in [0, 0.1) is 0 Å². The second-order valence-corrected chi connectivity index (χ2v) is 5.44. The van der Waals surface area contributed by atoms with Gasteiger partial charge in [0.1, 0.15) is 0 Å². The van der Waals surface area contributed by atoms with Crippen LogP contribution in [0.5, 0.6) is 11.5 Å². The summed E-state index contributed by atoms with van der Waals surface area (Å²) in [6, 6.07) is 9.86. The van der Waals surface area contributed by atoms with Crippen molar-refractivity contribution in [2.75, 3.05) is 6.79 Å². The molecule has 4 nitrogen and oxygen atoms in total. The highest BCUT2D eigenvalue weighted by Crippen LogP contribution is 2.35. The van der Waals surface area contributed by atoms with Gasteiger partial charge in [-0.25, -0.2) is 4.79 Å². The van der Waals surface area contributed by atoms with E-state index in [1.165, 1.54) is 6.08 Å². The second-order valence-electron chi connectivity index (χ2n) is 4.60. The molecule has 112 valence electrons. The van der Waals surface area contributed by atoms with Crippen LogP contribution >= 0.6 is 23.2 Å². The summed E-state index contributed by atoms with van der Waals surface area (Å²) in [5.41, 5.74) is 1.17. The van der Waals surface area contributed by atoms with Gasteiger partial charge in [-0.1, -0.05) is 35.3 Å². The zero-order chi connectivity index (χ0) is 15.7. The largest absolute Gasteiger partial charge is 0.478 e. The first-order valence-electron chi connectivity index (χ1n) is 6.34. The third-order valence-electron chi connectivity index (χ3n) is 3.18. The molecule has 1 aliphatic heterocycles. The molecular formula is C16H10Cl2O4. The highest BCUT2D eigenvalue weighted by molar-refractivity contribution is 6.36. The minimum Gasteiger partial charge on any atom is -0.478 e. The summed E-state index contributed by atoms with van der Waals surface area (Å²) in [6.45, 7) is 0.133. The van der Waals surface area contributed by atoms with E-state index in [1.807, 2.05) is 0 Å². The molecule has 0 saturated carbocycles. The molecule has 0 amide bonds. The first kappa shape index (κ1) is 14.8. The van der Waals surface area contributed by atoms with Gasteiger partial charge >= 0.3 is 5.97 Å². The van der Waals surface area contributed by atoms with Crippen LogP contribution in [0.3, 0.4) is 0 Å².